The summed E-state index contributed by atoms with van der Waals surface area (Å²) in [5.74, 6) is -0.0351. The first-order chi connectivity index (χ1) is 9.88. The van der Waals surface area contributed by atoms with Gasteiger partial charge < -0.3 is 10.6 Å². The maximum absolute atomic E-state index is 12.5. The van der Waals surface area contributed by atoms with Crippen molar-refractivity contribution in [2.45, 2.75) is 32.0 Å². The summed E-state index contributed by atoms with van der Waals surface area (Å²) >= 11 is 0. The highest BCUT2D eigenvalue weighted by atomic mass is 35.5. The summed E-state index contributed by atoms with van der Waals surface area (Å²) in [6.07, 6.45) is -2.74. The van der Waals surface area contributed by atoms with Gasteiger partial charge in [-0.25, -0.2) is 0 Å². The van der Waals surface area contributed by atoms with Crippen LogP contribution in [0.3, 0.4) is 0 Å². The van der Waals surface area contributed by atoms with E-state index in [4.69, 9.17) is 0 Å². The summed E-state index contributed by atoms with van der Waals surface area (Å²) in [7, 11) is 0. The predicted octanol–water partition coefficient (Wildman–Crippen LogP) is 3.30. The van der Waals surface area contributed by atoms with E-state index in [1.807, 2.05) is 0 Å². The highest BCUT2D eigenvalue weighted by Crippen LogP contribution is 2.30. The molecule has 0 aliphatic carbocycles. The van der Waals surface area contributed by atoms with Crippen molar-refractivity contribution in [1.82, 2.24) is 10.6 Å². The average molecular weight is 337 g/mol. The predicted molar refractivity (Wildman–Crippen MR) is 80.8 cm³/mol. The Morgan fingerprint density at radius 2 is 1.77 bits per heavy atom. The van der Waals surface area contributed by atoms with Gasteiger partial charge in [-0.3, -0.25) is 4.79 Å². The molecule has 7 heteroatoms. The lowest BCUT2D eigenvalue weighted by molar-refractivity contribution is -0.137. The van der Waals surface area contributed by atoms with E-state index in [0.717, 1.165) is 38.1 Å². The standard InChI is InChI=1S/C15H19F3N2O.ClH/c1-10(20-14(21)12-6-8-19-9-7-12)11-2-4-13(5-3-11)15(16,17)18;/h2-5,10,12,19H,6-9H2,1H3,(H,20,21);1H. The second-order valence-corrected chi connectivity index (χ2v) is 5.37. The molecule has 124 valence electrons. The largest absolute Gasteiger partial charge is 0.416 e. The Hall–Kier alpha value is -1.27. The maximum atomic E-state index is 12.5. The van der Waals surface area contributed by atoms with E-state index in [9.17, 15) is 18.0 Å². The summed E-state index contributed by atoms with van der Waals surface area (Å²) in [5, 5.41) is 6.06. The topological polar surface area (TPSA) is 41.1 Å². The van der Waals surface area contributed by atoms with Gasteiger partial charge in [0.25, 0.3) is 0 Å². The molecule has 1 amide bonds. The number of amides is 1. The summed E-state index contributed by atoms with van der Waals surface area (Å²) < 4.78 is 37.5. The lowest BCUT2D eigenvalue weighted by Crippen LogP contribution is -2.39. The molecule has 2 rings (SSSR count). The van der Waals surface area contributed by atoms with E-state index < -0.39 is 11.7 Å². The number of piperidine rings is 1. The fraction of sp³-hybridized carbons (Fsp3) is 0.533. The molecule has 1 aliphatic rings. The number of hydrogen-bond acceptors (Lipinski definition) is 2. The van der Waals surface area contributed by atoms with Crippen LogP contribution >= 0.6 is 12.4 Å². The highest BCUT2D eigenvalue weighted by molar-refractivity contribution is 5.85. The summed E-state index contributed by atoms with van der Waals surface area (Å²) in [4.78, 5) is 12.1. The molecule has 2 N–H and O–H groups in total. The van der Waals surface area contributed by atoms with Crippen LogP contribution in [-0.2, 0) is 11.0 Å². The van der Waals surface area contributed by atoms with Crippen molar-refractivity contribution in [2.24, 2.45) is 5.92 Å². The normalized spacial score (nSPS) is 17.5. The van der Waals surface area contributed by atoms with Crippen molar-refractivity contribution in [1.29, 1.82) is 0 Å². The maximum Gasteiger partial charge on any atom is 0.416 e. The van der Waals surface area contributed by atoms with Gasteiger partial charge in [-0.1, -0.05) is 12.1 Å². The minimum absolute atomic E-state index is 0. The second-order valence-electron chi connectivity index (χ2n) is 5.37. The number of nitrogens with one attached hydrogen (secondary N) is 2. The van der Waals surface area contributed by atoms with Crippen LogP contribution in [0.4, 0.5) is 13.2 Å². The van der Waals surface area contributed by atoms with E-state index in [1.54, 1.807) is 6.92 Å². The third kappa shape index (κ3) is 4.88. The van der Waals surface area contributed by atoms with Crippen LogP contribution in [0.2, 0.25) is 0 Å². The molecule has 1 aromatic carbocycles. The van der Waals surface area contributed by atoms with Crippen molar-refractivity contribution in [2.75, 3.05) is 13.1 Å². The molecule has 1 saturated heterocycles. The van der Waals surface area contributed by atoms with Crippen molar-refractivity contribution < 1.29 is 18.0 Å². The van der Waals surface area contributed by atoms with Crippen LogP contribution in [0.25, 0.3) is 0 Å². The monoisotopic (exact) mass is 336 g/mol. The molecule has 22 heavy (non-hydrogen) atoms. The Labute approximate surface area is 134 Å². The van der Waals surface area contributed by atoms with Crippen molar-refractivity contribution in [3.05, 3.63) is 35.4 Å². The lowest BCUT2D eigenvalue weighted by Gasteiger charge is -2.24. The molecule has 0 aromatic heterocycles. The zero-order chi connectivity index (χ0) is 15.5. The first-order valence-corrected chi connectivity index (χ1v) is 7.06. The van der Waals surface area contributed by atoms with E-state index in [-0.39, 0.29) is 30.3 Å². The zero-order valence-electron chi connectivity index (χ0n) is 12.2. The Morgan fingerprint density at radius 1 is 1.23 bits per heavy atom. The molecule has 3 nitrogen and oxygen atoms in total. The fourth-order valence-corrected chi connectivity index (χ4v) is 2.46. The van der Waals surface area contributed by atoms with E-state index >= 15 is 0 Å². The van der Waals surface area contributed by atoms with Crippen LogP contribution in [0.5, 0.6) is 0 Å². The number of rotatable bonds is 3. The Morgan fingerprint density at radius 3 is 2.27 bits per heavy atom. The van der Waals surface area contributed by atoms with Crippen LogP contribution in [0.15, 0.2) is 24.3 Å². The first kappa shape index (κ1) is 18.8. The lowest BCUT2D eigenvalue weighted by atomic mass is 9.96. The zero-order valence-corrected chi connectivity index (χ0v) is 13.1. The number of halogens is 4. The molecule has 1 unspecified atom stereocenters. The van der Waals surface area contributed by atoms with Gasteiger partial charge in [-0.15, -0.1) is 12.4 Å². The minimum Gasteiger partial charge on any atom is -0.349 e. The fourth-order valence-electron chi connectivity index (χ4n) is 2.46. The summed E-state index contributed by atoms with van der Waals surface area (Å²) in [6.45, 7) is 3.43. The highest BCUT2D eigenvalue weighted by Gasteiger charge is 2.30. The van der Waals surface area contributed by atoms with E-state index in [0.29, 0.717) is 5.56 Å². The Kier molecular flexibility index (Phi) is 6.68. The van der Waals surface area contributed by atoms with Gasteiger partial charge >= 0.3 is 6.18 Å². The molecule has 1 aromatic rings. The SMILES string of the molecule is CC(NC(=O)C1CCNCC1)c1ccc(C(F)(F)F)cc1.Cl. The van der Waals surface area contributed by atoms with Crippen molar-refractivity contribution in [3.63, 3.8) is 0 Å². The number of carbonyl (C=O) groups is 1. The molecule has 1 heterocycles. The first-order valence-electron chi connectivity index (χ1n) is 7.06. The second kappa shape index (κ2) is 7.83. The van der Waals surface area contributed by atoms with Gasteiger partial charge in [-0.05, 0) is 50.6 Å². The third-order valence-corrected chi connectivity index (χ3v) is 3.81. The number of alkyl halides is 3. The average Bonchev–Trinajstić information content (AvgIpc) is 2.47. The summed E-state index contributed by atoms with van der Waals surface area (Å²) in [6, 6.07) is 4.62. The number of hydrogen-bond donors (Lipinski definition) is 2. The molecular weight excluding hydrogens is 317 g/mol. The van der Waals surface area contributed by atoms with Crippen LogP contribution < -0.4 is 10.6 Å². The molecule has 1 fully saturated rings. The van der Waals surface area contributed by atoms with E-state index in [2.05, 4.69) is 10.6 Å². The van der Waals surface area contributed by atoms with Crippen molar-refractivity contribution in [3.8, 4) is 0 Å². The molecular formula is C15H20ClF3N2O. The number of carbonyl (C=O) groups excluding carboxylic acids is 1. The number of benzene rings is 1. The minimum atomic E-state index is -4.33. The molecule has 1 atom stereocenters. The third-order valence-electron chi connectivity index (χ3n) is 3.81. The van der Waals surface area contributed by atoms with Gasteiger partial charge in [0.2, 0.25) is 5.91 Å². The van der Waals surface area contributed by atoms with Crippen LogP contribution in [-0.4, -0.2) is 19.0 Å². The molecule has 0 bridgehead atoms. The smallest absolute Gasteiger partial charge is 0.349 e. The molecule has 1 aliphatic heterocycles. The van der Waals surface area contributed by atoms with Crippen LogP contribution in [0.1, 0.15) is 36.9 Å². The van der Waals surface area contributed by atoms with Gasteiger partial charge in [0.1, 0.15) is 0 Å². The molecule has 0 saturated carbocycles. The van der Waals surface area contributed by atoms with Gasteiger partial charge in [0.05, 0.1) is 11.6 Å². The quantitative estimate of drug-likeness (QED) is 0.889. The molecule has 0 spiro atoms. The van der Waals surface area contributed by atoms with Crippen LogP contribution in [0, 0.1) is 5.92 Å². The van der Waals surface area contributed by atoms with Gasteiger partial charge in [0, 0.05) is 5.92 Å². The Bertz CT molecular complexity index is 485. The van der Waals surface area contributed by atoms with Crippen molar-refractivity contribution >= 4 is 18.3 Å². The Balaban J connectivity index is 0.00000242. The van der Waals surface area contributed by atoms with Gasteiger partial charge in [-0.2, -0.15) is 13.2 Å². The molecule has 0 radical (unpaired) electrons. The van der Waals surface area contributed by atoms with E-state index in [1.165, 1.54) is 12.1 Å². The van der Waals surface area contributed by atoms with Gasteiger partial charge in [0.15, 0.2) is 0 Å². The summed E-state index contributed by atoms with van der Waals surface area (Å²) in [5.41, 5.74) is -0.00610.